The quantitative estimate of drug-likeness (QED) is 0.290. The number of carbonyl (C=O) groups excluding carboxylic acids is 3. The van der Waals surface area contributed by atoms with Gasteiger partial charge in [0.25, 0.3) is 0 Å². The van der Waals surface area contributed by atoms with Gasteiger partial charge >= 0.3 is 0 Å². The molecule has 0 bridgehead atoms. The van der Waals surface area contributed by atoms with Crippen LogP contribution in [0.15, 0.2) is 72.8 Å². The Morgan fingerprint density at radius 1 is 0.902 bits per heavy atom. The fourth-order valence-corrected chi connectivity index (χ4v) is 5.17. The van der Waals surface area contributed by atoms with E-state index in [4.69, 9.17) is 0 Å². The number of hydrogen-bond donors (Lipinski definition) is 3. The van der Waals surface area contributed by atoms with Crippen LogP contribution in [0.1, 0.15) is 51.2 Å². The van der Waals surface area contributed by atoms with Crippen LogP contribution in [0.4, 0.5) is 0 Å². The molecule has 0 radical (unpaired) electrons. The minimum absolute atomic E-state index is 0. The molecule has 4 rings (SSSR count). The van der Waals surface area contributed by atoms with Gasteiger partial charge in [0, 0.05) is 31.5 Å². The Bertz CT molecular complexity index is 1310. The summed E-state index contributed by atoms with van der Waals surface area (Å²) in [5.74, 6) is -0.513. The van der Waals surface area contributed by atoms with Gasteiger partial charge in [-0.1, -0.05) is 93.6 Å². The lowest BCUT2D eigenvalue weighted by molar-refractivity contribution is -0.145. The number of fused-ring (bicyclic) bond motifs is 1. The van der Waals surface area contributed by atoms with Crippen LogP contribution < -0.4 is 16.0 Å². The van der Waals surface area contributed by atoms with Gasteiger partial charge in [0.05, 0.1) is 0 Å². The highest BCUT2D eigenvalue weighted by atomic mass is 35.5. The van der Waals surface area contributed by atoms with Gasteiger partial charge < -0.3 is 20.9 Å². The average molecular weight is 579 g/mol. The van der Waals surface area contributed by atoms with Gasteiger partial charge in [0.1, 0.15) is 12.1 Å². The van der Waals surface area contributed by atoms with Gasteiger partial charge in [-0.05, 0) is 47.7 Å². The van der Waals surface area contributed by atoms with Crippen molar-refractivity contribution in [2.24, 2.45) is 5.41 Å². The maximum atomic E-state index is 13.5. The van der Waals surface area contributed by atoms with Gasteiger partial charge in [-0.25, -0.2) is 0 Å². The molecule has 220 valence electrons. The smallest absolute Gasteiger partial charge is 0.243 e. The van der Waals surface area contributed by atoms with Gasteiger partial charge in [-0.3, -0.25) is 14.4 Å². The number of benzene rings is 3. The Morgan fingerprint density at radius 3 is 2.34 bits per heavy atom. The summed E-state index contributed by atoms with van der Waals surface area (Å²) in [6.07, 6.45) is 2.52. The largest absolute Gasteiger partial charge is 0.354 e. The van der Waals surface area contributed by atoms with E-state index >= 15 is 0 Å². The van der Waals surface area contributed by atoms with Crippen molar-refractivity contribution in [3.63, 3.8) is 0 Å². The first-order valence-electron chi connectivity index (χ1n) is 14.3. The Balaban J connectivity index is 0.00000462. The van der Waals surface area contributed by atoms with Crippen LogP contribution in [-0.4, -0.2) is 54.3 Å². The van der Waals surface area contributed by atoms with Gasteiger partial charge in [0.15, 0.2) is 0 Å². The van der Waals surface area contributed by atoms with Gasteiger partial charge in [-0.15, -0.1) is 12.4 Å². The molecule has 0 aromatic heterocycles. The van der Waals surface area contributed by atoms with E-state index < -0.39 is 17.5 Å². The number of likely N-dealkylation sites (tertiary alicyclic amines) is 1. The minimum atomic E-state index is -0.738. The molecule has 7 nitrogen and oxygen atoms in total. The molecule has 8 heteroatoms. The number of amides is 3. The lowest BCUT2D eigenvalue weighted by Gasteiger charge is -2.31. The Kier molecular flexibility index (Phi) is 11.7. The van der Waals surface area contributed by atoms with E-state index in [1.807, 2.05) is 69.3 Å². The molecule has 3 aromatic carbocycles. The highest BCUT2D eigenvalue weighted by molar-refractivity contribution is 5.93. The normalized spacial score (nSPS) is 15.7. The maximum absolute atomic E-state index is 13.5. The SMILES string of the molecule is CC(C)(C)C(=O)N1CCCC1C(=O)N[C@H](Cc1ccc2ccccc2c1)C(=O)NCCCNCc1ccccc1.Cl. The van der Waals surface area contributed by atoms with E-state index in [0.717, 1.165) is 42.3 Å². The highest BCUT2D eigenvalue weighted by Crippen LogP contribution is 2.26. The Morgan fingerprint density at radius 2 is 1.61 bits per heavy atom. The van der Waals surface area contributed by atoms with E-state index in [1.165, 1.54) is 5.56 Å². The summed E-state index contributed by atoms with van der Waals surface area (Å²) in [6, 6.07) is 23.1. The summed E-state index contributed by atoms with van der Waals surface area (Å²) < 4.78 is 0. The van der Waals surface area contributed by atoms with E-state index in [0.29, 0.717) is 25.9 Å². The number of hydrogen-bond acceptors (Lipinski definition) is 4. The molecular weight excluding hydrogens is 536 g/mol. The van der Waals surface area contributed by atoms with Crippen molar-refractivity contribution < 1.29 is 14.4 Å². The molecule has 2 atom stereocenters. The van der Waals surface area contributed by atoms with Crippen molar-refractivity contribution in [2.45, 2.75) is 65.1 Å². The molecule has 3 aromatic rings. The van der Waals surface area contributed by atoms with Gasteiger partial charge in [-0.2, -0.15) is 0 Å². The molecule has 1 aliphatic heterocycles. The van der Waals surface area contributed by atoms with Crippen LogP contribution in [0.3, 0.4) is 0 Å². The predicted octanol–water partition coefficient (Wildman–Crippen LogP) is 4.62. The average Bonchev–Trinajstić information content (AvgIpc) is 3.44. The standard InChI is InChI=1S/C33H42N4O3.ClH/c1-33(2,3)32(40)37-20-9-15-29(37)31(39)36-28(22-25-16-17-26-13-7-8-14-27(26)21-25)30(38)35-19-10-18-34-23-24-11-5-4-6-12-24;/h4-8,11-14,16-17,21,28-29,34H,9-10,15,18-20,22-23H2,1-3H3,(H,35,38)(H,36,39);1H/t28-,29?;/m1./s1. The summed E-state index contributed by atoms with van der Waals surface area (Å²) in [7, 11) is 0. The highest BCUT2D eigenvalue weighted by Gasteiger charge is 2.39. The Labute approximate surface area is 249 Å². The summed E-state index contributed by atoms with van der Waals surface area (Å²) in [5.41, 5.74) is 1.62. The summed E-state index contributed by atoms with van der Waals surface area (Å²) in [5, 5.41) is 11.6. The molecule has 1 aliphatic rings. The second-order valence-electron chi connectivity index (χ2n) is 11.7. The zero-order chi connectivity index (χ0) is 28.5. The first-order chi connectivity index (χ1) is 19.2. The second kappa shape index (κ2) is 15.0. The zero-order valence-corrected chi connectivity index (χ0v) is 25.1. The van der Waals surface area contributed by atoms with Crippen LogP contribution in [0.25, 0.3) is 10.8 Å². The van der Waals surface area contributed by atoms with Crippen molar-refractivity contribution in [1.82, 2.24) is 20.9 Å². The number of nitrogens with zero attached hydrogens (tertiary/aromatic N) is 1. The van der Waals surface area contributed by atoms with Crippen molar-refractivity contribution in [1.29, 1.82) is 0 Å². The topological polar surface area (TPSA) is 90.5 Å². The molecule has 1 unspecified atom stereocenters. The third-order valence-corrected chi connectivity index (χ3v) is 7.35. The van der Waals surface area contributed by atoms with E-state index in [2.05, 4.69) is 40.2 Å². The maximum Gasteiger partial charge on any atom is 0.243 e. The Hall–Kier alpha value is -3.42. The summed E-state index contributed by atoms with van der Waals surface area (Å²) in [4.78, 5) is 41.5. The molecule has 3 N–H and O–H groups in total. The van der Waals surface area contributed by atoms with E-state index in [1.54, 1.807) is 4.90 Å². The van der Waals surface area contributed by atoms with Crippen LogP contribution >= 0.6 is 12.4 Å². The predicted molar refractivity (Wildman–Crippen MR) is 167 cm³/mol. The minimum Gasteiger partial charge on any atom is -0.354 e. The molecule has 0 saturated carbocycles. The number of carbonyl (C=O) groups is 3. The first kappa shape index (κ1) is 32.1. The summed E-state index contributed by atoms with van der Waals surface area (Å²) >= 11 is 0. The van der Waals surface area contributed by atoms with E-state index in [9.17, 15) is 14.4 Å². The molecule has 1 fully saturated rings. The zero-order valence-electron chi connectivity index (χ0n) is 24.3. The molecule has 3 amide bonds. The number of nitrogens with one attached hydrogen (secondary N) is 3. The molecule has 0 aliphatic carbocycles. The monoisotopic (exact) mass is 578 g/mol. The third kappa shape index (κ3) is 9.03. The first-order valence-corrected chi connectivity index (χ1v) is 14.3. The van der Waals surface area contributed by atoms with E-state index in [-0.39, 0.29) is 30.1 Å². The molecule has 1 saturated heterocycles. The van der Waals surface area contributed by atoms with Crippen molar-refractivity contribution in [3.05, 3.63) is 83.9 Å². The van der Waals surface area contributed by atoms with Crippen molar-refractivity contribution >= 4 is 40.9 Å². The van der Waals surface area contributed by atoms with Crippen LogP contribution in [0.2, 0.25) is 0 Å². The fourth-order valence-electron chi connectivity index (χ4n) is 5.17. The molecular formula is C33H43ClN4O3. The number of rotatable bonds is 11. The van der Waals surface area contributed by atoms with Crippen LogP contribution in [0, 0.1) is 5.41 Å². The second-order valence-corrected chi connectivity index (χ2v) is 11.7. The van der Waals surface area contributed by atoms with Crippen molar-refractivity contribution in [3.8, 4) is 0 Å². The number of halogens is 1. The fraction of sp³-hybridized carbons (Fsp3) is 0.424. The van der Waals surface area contributed by atoms with Crippen LogP contribution in [0.5, 0.6) is 0 Å². The van der Waals surface area contributed by atoms with Crippen molar-refractivity contribution in [2.75, 3.05) is 19.6 Å². The summed E-state index contributed by atoms with van der Waals surface area (Å²) in [6.45, 7) is 8.21. The molecule has 0 spiro atoms. The lowest BCUT2D eigenvalue weighted by Crippen LogP contribution is -2.55. The molecule has 41 heavy (non-hydrogen) atoms. The lowest BCUT2D eigenvalue weighted by atomic mass is 9.94. The molecule has 1 heterocycles. The van der Waals surface area contributed by atoms with Crippen LogP contribution in [-0.2, 0) is 27.3 Å². The van der Waals surface area contributed by atoms with Gasteiger partial charge in [0.2, 0.25) is 17.7 Å². The third-order valence-electron chi connectivity index (χ3n) is 7.35.